The van der Waals surface area contributed by atoms with Crippen molar-refractivity contribution in [2.45, 2.75) is 12.3 Å². The molecule has 1 saturated carbocycles. The van der Waals surface area contributed by atoms with Crippen LogP contribution in [0.3, 0.4) is 0 Å². The minimum absolute atomic E-state index is 0.299. The van der Waals surface area contributed by atoms with Crippen LogP contribution in [0.5, 0.6) is 0 Å². The molecule has 3 aromatic rings. The van der Waals surface area contributed by atoms with E-state index in [0.717, 1.165) is 11.1 Å². The van der Waals surface area contributed by atoms with Gasteiger partial charge >= 0.3 is 0 Å². The van der Waals surface area contributed by atoms with Crippen LogP contribution in [0.15, 0.2) is 67.0 Å². The van der Waals surface area contributed by atoms with Crippen molar-refractivity contribution in [3.05, 3.63) is 93.7 Å². The van der Waals surface area contributed by atoms with E-state index in [0.29, 0.717) is 21.3 Å². The van der Waals surface area contributed by atoms with Gasteiger partial charge in [0, 0.05) is 27.9 Å². The van der Waals surface area contributed by atoms with Gasteiger partial charge in [0.15, 0.2) is 0 Å². The number of halogens is 2. The molecule has 2 amide bonds. The van der Waals surface area contributed by atoms with E-state index in [2.05, 4.69) is 11.1 Å². The molecule has 2 fully saturated rings. The molecule has 2 heterocycles. The normalized spacial score (nSPS) is 26.5. The standard InChI is InChI=1S/C24H15Cl2N3O2/c1-23-20(21(30)29(22(23)31)19-11-17(25)10-18(26)12-19)24(23,16-6-8-28-9-7-16)15-4-2-14(13-27)3-5-15/h2-12,20H,1H3/t20-,23-,24-/m0/s1. The Labute approximate surface area is 188 Å². The van der Waals surface area contributed by atoms with E-state index in [1.165, 1.54) is 4.90 Å². The quantitative estimate of drug-likeness (QED) is 0.542. The molecule has 1 aliphatic heterocycles. The zero-order valence-corrected chi connectivity index (χ0v) is 17.9. The zero-order chi connectivity index (χ0) is 22.0. The largest absolute Gasteiger partial charge is 0.274 e. The van der Waals surface area contributed by atoms with E-state index in [9.17, 15) is 14.9 Å². The molecular weight excluding hydrogens is 433 g/mol. The summed E-state index contributed by atoms with van der Waals surface area (Å²) < 4.78 is 0. The van der Waals surface area contributed by atoms with Crippen LogP contribution in [-0.2, 0) is 15.0 Å². The number of rotatable bonds is 3. The van der Waals surface area contributed by atoms with Crippen molar-refractivity contribution < 1.29 is 9.59 Å². The molecule has 0 unspecified atom stereocenters. The number of imide groups is 1. The number of amides is 2. The van der Waals surface area contributed by atoms with Gasteiger partial charge in [0.2, 0.25) is 11.8 Å². The average molecular weight is 448 g/mol. The summed E-state index contributed by atoms with van der Waals surface area (Å²) in [5, 5.41) is 9.87. The van der Waals surface area contributed by atoms with Crippen LogP contribution >= 0.6 is 23.2 Å². The van der Waals surface area contributed by atoms with Crippen LogP contribution in [0.2, 0.25) is 10.0 Å². The van der Waals surface area contributed by atoms with Crippen molar-refractivity contribution in [1.82, 2.24) is 4.98 Å². The average Bonchev–Trinajstić information content (AvgIpc) is 3.28. The SMILES string of the molecule is C[C@@]12C(=O)N(c3cc(Cl)cc(Cl)c3)C(=O)[C@@H]1[C@@]2(c1ccncc1)c1ccc(C#N)cc1. The van der Waals surface area contributed by atoms with E-state index >= 15 is 0 Å². The van der Waals surface area contributed by atoms with Crippen molar-refractivity contribution in [1.29, 1.82) is 5.26 Å². The van der Waals surface area contributed by atoms with Gasteiger partial charge in [-0.15, -0.1) is 0 Å². The molecule has 0 radical (unpaired) electrons. The number of pyridine rings is 1. The fraction of sp³-hybridized carbons (Fsp3) is 0.167. The first-order chi connectivity index (χ1) is 14.9. The molecule has 5 nitrogen and oxygen atoms in total. The fourth-order valence-electron chi connectivity index (χ4n) is 5.24. The van der Waals surface area contributed by atoms with Crippen molar-refractivity contribution in [3.8, 4) is 6.07 Å². The number of nitriles is 1. The highest BCUT2D eigenvalue weighted by molar-refractivity contribution is 6.36. The van der Waals surface area contributed by atoms with Gasteiger partial charge in [-0.05, 0) is 60.5 Å². The van der Waals surface area contributed by atoms with Crippen molar-refractivity contribution in [2.75, 3.05) is 4.90 Å². The second-order valence-corrected chi connectivity index (χ2v) is 8.85. The second kappa shape index (κ2) is 6.65. The van der Waals surface area contributed by atoms with Crippen LogP contribution < -0.4 is 4.90 Å². The Morgan fingerprint density at radius 3 is 2.06 bits per heavy atom. The number of hydrogen-bond acceptors (Lipinski definition) is 4. The van der Waals surface area contributed by atoms with Crippen molar-refractivity contribution in [2.24, 2.45) is 11.3 Å². The summed E-state index contributed by atoms with van der Waals surface area (Å²) >= 11 is 12.2. The van der Waals surface area contributed by atoms with E-state index in [-0.39, 0.29) is 11.8 Å². The molecule has 7 heteroatoms. The van der Waals surface area contributed by atoms with Crippen molar-refractivity contribution >= 4 is 40.7 Å². The summed E-state index contributed by atoms with van der Waals surface area (Å²) in [4.78, 5) is 32.6. The van der Waals surface area contributed by atoms with Gasteiger partial charge < -0.3 is 0 Å². The molecule has 0 bridgehead atoms. The highest BCUT2D eigenvalue weighted by Crippen LogP contribution is 2.76. The smallest absolute Gasteiger partial charge is 0.241 e. The fourth-order valence-corrected chi connectivity index (χ4v) is 5.75. The number of aromatic nitrogens is 1. The monoisotopic (exact) mass is 447 g/mol. The lowest BCUT2D eigenvalue weighted by molar-refractivity contribution is -0.125. The molecule has 152 valence electrons. The van der Waals surface area contributed by atoms with Gasteiger partial charge in [-0.3, -0.25) is 14.6 Å². The minimum atomic E-state index is -0.992. The van der Waals surface area contributed by atoms with Gasteiger partial charge in [-0.2, -0.15) is 5.26 Å². The highest BCUT2D eigenvalue weighted by atomic mass is 35.5. The number of fused-ring (bicyclic) bond motifs is 1. The lowest BCUT2D eigenvalue weighted by atomic mass is 9.79. The third kappa shape index (κ3) is 2.46. The first-order valence-corrected chi connectivity index (χ1v) is 10.4. The number of carbonyl (C=O) groups excluding carboxylic acids is 2. The number of nitrogens with zero attached hydrogens (tertiary/aromatic N) is 3. The molecule has 5 rings (SSSR count). The van der Waals surface area contributed by atoms with Crippen molar-refractivity contribution in [3.63, 3.8) is 0 Å². The van der Waals surface area contributed by atoms with E-state index in [1.807, 2.05) is 31.2 Å². The predicted molar refractivity (Wildman–Crippen MR) is 117 cm³/mol. The number of carbonyl (C=O) groups is 2. The van der Waals surface area contributed by atoms with Crippen LogP contribution in [0.1, 0.15) is 23.6 Å². The Balaban J connectivity index is 1.68. The van der Waals surface area contributed by atoms with E-state index < -0.39 is 16.7 Å². The van der Waals surface area contributed by atoms with Gasteiger partial charge in [0.05, 0.1) is 28.7 Å². The summed E-state index contributed by atoms with van der Waals surface area (Å²) in [6.07, 6.45) is 3.31. The maximum Gasteiger partial charge on any atom is 0.241 e. The number of benzene rings is 2. The zero-order valence-electron chi connectivity index (χ0n) is 16.3. The summed E-state index contributed by atoms with van der Waals surface area (Å²) in [6.45, 7) is 1.82. The van der Waals surface area contributed by atoms with Gasteiger partial charge in [-0.1, -0.05) is 35.3 Å². The Hall–Kier alpha value is -3.20. The minimum Gasteiger partial charge on any atom is -0.274 e. The Bertz CT molecular complexity index is 1270. The topological polar surface area (TPSA) is 74.1 Å². The number of hydrogen-bond donors (Lipinski definition) is 0. The summed E-state index contributed by atoms with van der Waals surface area (Å²) in [5.74, 6) is -1.20. The maximum absolute atomic E-state index is 13.7. The molecule has 0 spiro atoms. The first-order valence-electron chi connectivity index (χ1n) is 9.61. The predicted octanol–water partition coefficient (Wildman–Crippen LogP) is 4.76. The molecule has 1 aliphatic carbocycles. The number of piperidine rings is 1. The Morgan fingerprint density at radius 1 is 0.968 bits per heavy atom. The van der Waals surface area contributed by atoms with E-state index in [1.54, 1.807) is 42.7 Å². The Kier molecular flexibility index (Phi) is 4.23. The molecular formula is C24H15Cl2N3O2. The number of anilines is 1. The molecule has 3 atom stereocenters. The molecule has 1 saturated heterocycles. The van der Waals surface area contributed by atoms with Crippen LogP contribution in [0.4, 0.5) is 5.69 Å². The highest BCUT2D eigenvalue weighted by Gasteiger charge is 2.86. The Morgan fingerprint density at radius 2 is 1.55 bits per heavy atom. The van der Waals surface area contributed by atoms with Gasteiger partial charge in [0.1, 0.15) is 0 Å². The van der Waals surface area contributed by atoms with Crippen LogP contribution in [0.25, 0.3) is 0 Å². The van der Waals surface area contributed by atoms with Gasteiger partial charge in [0.25, 0.3) is 0 Å². The van der Waals surface area contributed by atoms with Crippen LogP contribution in [0, 0.1) is 22.7 Å². The van der Waals surface area contributed by atoms with E-state index in [4.69, 9.17) is 23.2 Å². The van der Waals surface area contributed by atoms with Gasteiger partial charge in [-0.25, -0.2) is 4.90 Å². The molecule has 31 heavy (non-hydrogen) atoms. The summed E-state index contributed by atoms with van der Waals surface area (Å²) in [7, 11) is 0. The molecule has 1 aromatic heterocycles. The lowest BCUT2D eigenvalue weighted by Gasteiger charge is -2.29. The lowest BCUT2D eigenvalue weighted by Crippen LogP contribution is -2.42. The first kappa shape index (κ1) is 19.7. The molecule has 2 aliphatic rings. The third-order valence-corrected chi connectivity index (χ3v) is 7.01. The second-order valence-electron chi connectivity index (χ2n) is 7.97. The summed E-state index contributed by atoms with van der Waals surface area (Å²) in [5.41, 5.74) is 0.702. The molecule has 2 aromatic carbocycles. The summed E-state index contributed by atoms with van der Waals surface area (Å²) in [6, 6.07) is 17.5. The third-order valence-electron chi connectivity index (χ3n) is 6.57. The van der Waals surface area contributed by atoms with Crippen LogP contribution in [-0.4, -0.2) is 16.8 Å². The maximum atomic E-state index is 13.7. The molecule has 0 N–H and O–H groups in total.